The second-order valence-corrected chi connectivity index (χ2v) is 3.20. The summed E-state index contributed by atoms with van der Waals surface area (Å²) in [6.07, 6.45) is 7.24. The molecule has 0 saturated heterocycles. The molecule has 1 unspecified atom stereocenters. The number of nitrogens with zero attached hydrogens (tertiary/aromatic N) is 2. The van der Waals surface area contributed by atoms with Crippen molar-refractivity contribution in [2.24, 2.45) is 10.1 Å². The van der Waals surface area contributed by atoms with E-state index in [1.165, 1.54) is 6.34 Å². The highest BCUT2D eigenvalue weighted by Gasteiger charge is 2.10. The summed E-state index contributed by atoms with van der Waals surface area (Å²) in [6, 6.07) is 3.75. The third-order valence-electron chi connectivity index (χ3n) is 2.36. The summed E-state index contributed by atoms with van der Waals surface area (Å²) in [4.78, 5) is 4.06. The van der Waals surface area contributed by atoms with Gasteiger partial charge in [0.05, 0.1) is 0 Å². The summed E-state index contributed by atoms with van der Waals surface area (Å²) in [7, 11) is 0. The van der Waals surface area contributed by atoms with Crippen LogP contribution in [0.2, 0.25) is 0 Å². The topological polar surface area (TPSA) is 52.2 Å². The van der Waals surface area contributed by atoms with Gasteiger partial charge >= 0.3 is 0 Å². The summed E-state index contributed by atoms with van der Waals surface area (Å²) in [5.74, 6) is 0. The zero-order valence-corrected chi connectivity index (χ0v) is 7.27. The molecular weight excluding hydrogens is 178 g/mol. The molecule has 1 N–H and O–H groups in total. The summed E-state index contributed by atoms with van der Waals surface area (Å²) < 4.78 is 0. The molecule has 1 aromatic rings. The van der Waals surface area contributed by atoms with E-state index in [9.17, 15) is 5.21 Å². The lowest BCUT2D eigenvalue weighted by Crippen LogP contribution is -2.98. The maximum absolute atomic E-state index is 11.4. The Labute approximate surface area is 79.8 Å². The van der Waals surface area contributed by atoms with Gasteiger partial charge in [0, 0.05) is 6.07 Å². The number of quaternary nitrogens is 1. The van der Waals surface area contributed by atoms with Crippen molar-refractivity contribution in [3.05, 3.63) is 39.6 Å². The minimum absolute atomic E-state index is 0.210. The maximum atomic E-state index is 11.4. The van der Waals surface area contributed by atoms with E-state index in [1.807, 2.05) is 30.4 Å². The average molecular weight is 185 g/mol. The van der Waals surface area contributed by atoms with Crippen LogP contribution in [0.3, 0.4) is 0 Å². The third-order valence-corrected chi connectivity index (χ3v) is 2.36. The van der Waals surface area contributed by atoms with Crippen molar-refractivity contribution in [3.8, 4) is 0 Å². The van der Waals surface area contributed by atoms with Gasteiger partial charge in [0.15, 0.2) is 12.0 Å². The number of benzene rings is 1. The van der Waals surface area contributed by atoms with E-state index in [-0.39, 0.29) is 5.17 Å². The van der Waals surface area contributed by atoms with Gasteiger partial charge in [-0.15, -0.1) is 0 Å². The van der Waals surface area contributed by atoms with Crippen molar-refractivity contribution in [3.63, 3.8) is 0 Å². The predicted molar refractivity (Wildman–Crippen MR) is 53.2 cm³/mol. The standard InChI is InChI=1S/C10H7N3O/c14-13-10-5-8-3-1-2-7(8)4-9(10)11-6-12-13/h1-6,13H. The lowest BCUT2D eigenvalue weighted by atomic mass is 10.1. The van der Waals surface area contributed by atoms with Gasteiger partial charge in [0.2, 0.25) is 0 Å². The number of allylic oxidation sites excluding steroid dienone is 1. The zero-order chi connectivity index (χ0) is 9.54. The Morgan fingerprint density at radius 2 is 2.21 bits per heavy atom. The lowest BCUT2D eigenvalue weighted by Gasteiger charge is -2.16. The first-order valence-corrected chi connectivity index (χ1v) is 4.32. The van der Waals surface area contributed by atoms with Crippen LogP contribution in [0.15, 0.2) is 28.3 Å². The molecule has 68 valence electrons. The Morgan fingerprint density at radius 1 is 1.29 bits per heavy atom. The van der Waals surface area contributed by atoms with Crippen LogP contribution in [-0.2, 0) is 0 Å². The first-order chi connectivity index (χ1) is 6.84. The summed E-state index contributed by atoms with van der Waals surface area (Å²) in [6.45, 7) is 0. The van der Waals surface area contributed by atoms with Gasteiger partial charge in [0.1, 0.15) is 5.36 Å². The molecule has 1 aliphatic heterocycles. The van der Waals surface area contributed by atoms with Crippen LogP contribution >= 0.6 is 0 Å². The van der Waals surface area contributed by atoms with Crippen LogP contribution in [0.25, 0.3) is 12.2 Å². The number of nitrogens with one attached hydrogen (secondary N) is 1. The van der Waals surface area contributed by atoms with E-state index in [0.29, 0.717) is 11.0 Å². The zero-order valence-electron chi connectivity index (χ0n) is 7.27. The fourth-order valence-electron chi connectivity index (χ4n) is 1.66. The van der Waals surface area contributed by atoms with Crippen LogP contribution in [0.5, 0.6) is 0 Å². The first kappa shape index (κ1) is 7.61. The van der Waals surface area contributed by atoms with Crippen LogP contribution in [-0.4, -0.2) is 6.34 Å². The molecule has 3 rings (SSSR count). The molecule has 0 spiro atoms. The molecule has 1 aliphatic carbocycles. The maximum Gasteiger partial charge on any atom is 0.184 e. The van der Waals surface area contributed by atoms with Crippen LogP contribution in [0, 0.1) is 5.21 Å². The highest BCUT2D eigenvalue weighted by Crippen LogP contribution is 2.02. The fraction of sp³-hybridized carbons (Fsp3) is 0. The molecule has 0 amide bonds. The molecule has 0 aromatic heterocycles. The monoisotopic (exact) mass is 185 g/mol. The van der Waals surface area contributed by atoms with Gasteiger partial charge in [0.25, 0.3) is 0 Å². The molecule has 0 fully saturated rings. The minimum Gasteiger partial charge on any atom is -0.601 e. The van der Waals surface area contributed by atoms with Gasteiger partial charge in [-0.05, 0) is 16.8 Å². The molecule has 0 saturated carbocycles. The van der Waals surface area contributed by atoms with Gasteiger partial charge in [-0.1, -0.05) is 23.3 Å². The van der Waals surface area contributed by atoms with Crippen molar-refractivity contribution in [2.45, 2.75) is 0 Å². The van der Waals surface area contributed by atoms with E-state index >= 15 is 0 Å². The van der Waals surface area contributed by atoms with Gasteiger partial charge in [-0.25, -0.2) is 10.2 Å². The second-order valence-electron chi connectivity index (χ2n) is 3.20. The second kappa shape index (κ2) is 2.60. The quantitative estimate of drug-likeness (QED) is 0.522. The Morgan fingerprint density at radius 3 is 3.14 bits per heavy atom. The molecule has 1 aromatic carbocycles. The van der Waals surface area contributed by atoms with E-state index in [2.05, 4.69) is 10.1 Å². The number of fused-ring (bicyclic) bond motifs is 2. The first-order valence-electron chi connectivity index (χ1n) is 4.32. The highest BCUT2D eigenvalue weighted by atomic mass is 16.5. The summed E-state index contributed by atoms with van der Waals surface area (Å²) >= 11 is 0. The minimum atomic E-state index is -0.210. The summed E-state index contributed by atoms with van der Waals surface area (Å²) in [5.41, 5.74) is 1.70. The average Bonchev–Trinajstić information content (AvgIpc) is 2.62. The normalized spacial score (nSPS) is 21.1. The highest BCUT2D eigenvalue weighted by molar-refractivity contribution is 5.68. The van der Waals surface area contributed by atoms with Crippen LogP contribution in [0.4, 0.5) is 5.69 Å². The van der Waals surface area contributed by atoms with E-state index < -0.39 is 0 Å². The SMILES string of the molecule is [O-][NH+]1N=CN=c2cc3c(cc21)=CC=C3. The Balaban J connectivity index is 2.39. The molecular formula is C10H7N3O. The Hall–Kier alpha value is -1.78. The molecule has 4 nitrogen and oxygen atoms in total. The number of rotatable bonds is 0. The molecule has 14 heavy (non-hydrogen) atoms. The molecule has 0 bridgehead atoms. The molecule has 4 heteroatoms. The third kappa shape index (κ3) is 0.951. The van der Waals surface area contributed by atoms with Crippen molar-refractivity contribution in [2.75, 3.05) is 0 Å². The molecule has 1 atom stereocenters. The van der Waals surface area contributed by atoms with E-state index in [0.717, 1.165) is 10.8 Å². The Bertz CT molecular complexity index is 572. The fourth-order valence-corrected chi connectivity index (χ4v) is 1.66. The van der Waals surface area contributed by atoms with E-state index in [4.69, 9.17) is 0 Å². The van der Waals surface area contributed by atoms with Crippen LogP contribution < -0.4 is 15.7 Å². The molecule has 1 heterocycles. The number of hydrogen-bond acceptors (Lipinski definition) is 3. The number of hydrogen-bond donors (Lipinski definition) is 1. The predicted octanol–water partition coefficient (Wildman–Crippen LogP) is -0.915. The largest absolute Gasteiger partial charge is 0.601 e. The van der Waals surface area contributed by atoms with E-state index in [1.54, 1.807) is 0 Å². The Kier molecular flexibility index (Phi) is 1.41. The van der Waals surface area contributed by atoms with Crippen molar-refractivity contribution >= 4 is 24.2 Å². The molecule has 2 aliphatic rings. The van der Waals surface area contributed by atoms with Crippen molar-refractivity contribution in [1.82, 2.24) is 0 Å². The summed E-state index contributed by atoms with van der Waals surface area (Å²) in [5, 5.41) is 16.6. The lowest BCUT2D eigenvalue weighted by molar-refractivity contribution is -0.784. The van der Waals surface area contributed by atoms with Gasteiger partial charge in [-0.2, -0.15) is 0 Å². The van der Waals surface area contributed by atoms with Gasteiger partial charge in [-0.3, -0.25) is 0 Å². The van der Waals surface area contributed by atoms with Crippen molar-refractivity contribution in [1.29, 1.82) is 0 Å². The van der Waals surface area contributed by atoms with Crippen molar-refractivity contribution < 1.29 is 5.17 Å². The van der Waals surface area contributed by atoms with Crippen LogP contribution in [0.1, 0.15) is 5.56 Å². The molecule has 0 radical (unpaired) electrons. The smallest absolute Gasteiger partial charge is 0.184 e. The van der Waals surface area contributed by atoms with Gasteiger partial charge < -0.3 is 5.21 Å².